The molecule has 3 atom stereocenters. The summed E-state index contributed by atoms with van der Waals surface area (Å²) in [6, 6.07) is 0.572. The Morgan fingerprint density at radius 3 is 2.80 bits per heavy atom. The monoisotopic (exact) mass is 280 g/mol. The first kappa shape index (κ1) is 14.3. The fourth-order valence-corrected chi connectivity index (χ4v) is 3.92. The third-order valence-electron chi connectivity index (χ3n) is 5.10. The largest absolute Gasteiger partial charge is 0.388 e. The highest BCUT2D eigenvalue weighted by Crippen LogP contribution is 2.33. The van der Waals surface area contributed by atoms with Gasteiger partial charge in [0.15, 0.2) is 0 Å². The van der Waals surface area contributed by atoms with Crippen molar-refractivity contribution in [3.05, 3.63) is 0 Å². The Kier molecular flexibility index (Phi) is 4.04. The lowest BCUT2D eigenvalue weighted by atomic mass is 9.78. The number of rotatable bonds is 4. The number of carbonyl (C=O) groups is 1. The van der Waals surface area contributed by atoms with Crippen LogP contribution >= 0.6 is 0 Å². The maximum Gasteiger partial charge on any atom is 0.239 e. The number of amides is 1. The molecule has 0 spiro atoms. The van der Waals surface area contributed by atoms with Crippen molar-refractivity contribution in [2.45, 2.75) is 76.0 Å². The van der Waals surface area contributed by atoms with E-state index in [4.69, 9.17) is 0 Å². The molecule has 1 aliphatic heterocycles. The molecule has 20 heavy (non-hydrogen) atoms. The van der Waals surface area contributed by atoms with Crippen molar-refractivity contribution >= 4 is 5.91 Å². The molecular weight excluding hydrogens is 252 g/mol. The molecule has 3 fully saturated rings. The zero-order chi connectivity index (χ0) is 14.2. The summed E-state index contributed by atoms with van der Waals surface area (Å²) in [7, 11) is 0. The second kappa shape index (κ2) is 5.64. The Morgan fingerprint density at radius 2 is 2.10 bits per heavy atom. The highest BCUT2D eigenvalue weighted by molar-refractivity contribution is 5.82. The number of carbonyl (C=O) groups excluding carboxylic acids is 1. The first-order valence-electron chi connectivity index (χ1n) is 8.33. The molecule has 4 nitrogen and oxygen atoms in total. The van der Waals surface area contributed by atoms with Gasteiger partial charge in [0.1, 0.15) is 0 Å². The van der Waals surface area contributed by atoms with Crippen LogP contribution in [0.5, 0.6) is 0 Å². The third kappa shape index (κ3) is 3.34. The molecule has 0 radical (unpaired) electrons. The second-order valence-corrected chi connectivity index (χ2v) is 7.32. The van der Waals surface area contributed by atoms with E-state index in [2.05, 4.69) is 12.2 Å². The number of β-amino-alcohol motifs (C(OH)–C–C–N with tert-alkyl or cyclic N) is 1. The van der Waals surface area contributed by atoms with E-state index in [-0.39, 0.29) is 11.9 Å². The van der Waals surface area contributed by atoms with Gasteiger partial charge in [-0.05, 0) is 44.4 Å². The van der Waals surface area contributed by atoms with Crippen molar-refractivity contribution in [3.63, 3.8) is 0 Å². The fourth-order valence-electron chi connectivity index (χ4n) is 3.92. The lowest BCUT2D eigenvalue weighted by Gasteiger charge is -2.42. The minimum atomic E-state index is -0.644. The summed E-state index contributed by atoms with van der Waals surface area (Å²) in [5.41, 5.74) is -0.644. The fraction of sp³-hybridized carbons (Fsp3) is 0.938. The molecule has 3 aliphatic rings. The highest BCUT2D eigenvalue weighted by Gasteiger charge is 2.39. The Bertz CT molecular complexity index is 369. The number of likely N-dealkylation sites (tertiary alicyclic amines) is 1. The van der Waals surface area contributed by atoms with Crippen LogP contribution in [0.3, 0.4) is 0 Å². The summed E-state index contributed by atoms with van der Waals surface area (Å²) in [4.78, 5) is 14.5. The average Bonchev–Trinajstić information content (AvgIpc) is 3.18. The predicted molar refractivity (Wildman–Crippen MR) is 78.3 cm³/mol. The lowest BCUT2D eigenvalue weighted by molar-refractivity contribution is -0.141. The van der Waals surface area contributed by atoms with Gasteiger partial charge in [0, 0.05) is 19.1 Å². The van der Waals surface area contributed by atoms with Crippen LogP contribution in [0.15, 0.2) is 0 Å². The Balaban J connectivity index is 1.59. The molecule has 3 rings (SSSR count). The van der Waals surface area contributed by atoms with Crippen molar-refractivity contribution in [2.75, 3.05) is 13.1 Å². The maximum absolute atomic E-state index is 12.5. The molecule has 0 aromatic heterocycles. The number of hydrogen-bond donors (Lipinski definition) is 2. The van der Waals surface area contributed by atoms with Gasteiger partial charge in [0.2, 0.25) is 5.91 Å². The zero-order valence-corrected chi connectivity index (χ0v) is 12.6. The zero-order valence-electron chi connectivity index (χ0n) is 12.6. The highest BCUT2D eigenvalue weighted by atomic mass is 16.3. The number of piperidine rings is 1. The van der Waals surface area contributed by atoms with Crippen LogP contribution in [-0.4, -0.2) is 46.7 Å². The van der Waals surface area contributed by atoms with Gasteiger partial charge in [-0.3, -0.25) is 4.79 Å². The van der Waals surface area contributed by atoms with Gasteiger partial charge in [-0.25, -0.2) is 0 Å². The van der Waals surface area contributed by atoms with Gasteiger partial charge in [-0.1, -0.05) is 19.8 Å². The van der Waals surface area contributed by atoms with Crippen molar-refractivity contribution in [2.24, 2.45) is 5.92 Å². The first-order valence-corrected chi connectivity index (χ1v) is 8.33. The molecule has 4 heteroatoms. The van der Waals surface area contributed by atoms with Crippen LogP contribution in [-0.2, 0) is 4.79 Å². The molecule has 1 heterocycles. The number of nitrogens with one attached hydrogen (secondary N) is 1. The number of nitrogens with zero attached hydrogens (tertiary/aromatic N) is 1. The van der Waals surface area contributed by atoms with Gasteiger partial charge >= 0.3 is 0 Å². The van der Waals surface area contributed by atoms with Crippen molar-refractivity contribution in [3.8, 4) is 0 Å². The molecule has 0 aromatic rings. The van der Waals surface area contributed by atoms with E-state index in [1.165, 1.54) is 19.3 Å². The molecule has 3 unspecified atom stereocenters. The van der Waals surface area contributed by atoms with E-state index in [0.717, 1.165) is 38.6 Å². The molecule has 2 N–H and O–H groups in total. The van der Waals surface area contributed by atoms with E-state index in [1.807, 2.05) is 4.90 Å². The summed E-state index contributed by atoms with van der Waals surface area (Å²) < 4.78 is 0. The first-order chi connectivity index (χ1) is 9.56. The van der Waals surface area contributed by atoms with E-state index >= 15 is 0 Å². The van der Waals surface area contributed by atoms with Crippen LogP contribution in [0.2, 0.25) is 0 Å². The molecule has 114 valence electrons. The summed E-state index contributed by atoms with van der Waals surface area (Å²) in [6.45, 7) is 3.57. The molecule has 2 aliphatic carbocycles. The molecule has 1 saturated heterocycles. The minimum Gasteiger partial charge on any atom is -0.388 e. The van der Waals surface area contributed by atoms with Crippen LogP contribution < -0.4 is 5.32 Å². The van der Waals surface area contributed by atoms with Crippen molar-refractivity contribution in [1.29, 1.82) is 0 Å². The SMILES string of the molecule is CC1CCCC(O)(CN2CCCC(NC3CC3)C2=O)C1. The van der Waals surface area contributed by atoms with Gasteiger partial charge in [0.25, 0.3) is 0 Å². The molecule has 2 saturated carbocycles. The Morgan fingerprint density at radius 1 is 1.30 bits per heavy atom. The van der Waals surface area contributed by atoms with Gasteiger partial charge < -0.3 is 15.3 Å². The van der Waals surface area contributed by atoms with E-state index < -0.39 is 5.60 Å². The molecule has 1 amide bonds. The smallest absolute Gasteiger partial charge is 0.239 e. The molecule has 0 bridgehead atoms. The summed E-state index contributed by atoms with van der Waals surface area (Å²) in [5, 5.41) is 14.2. The minimum absolute atomic E-state index is 0.000800. The quantitative estimate of drug-likeness (QED) is 0.823. The Labute approximate surface area is 121 Å². The van der Waals surface area contributed by atoms with E-state index in [1.54, 1.807) is 0 Å². The third-order valence-corrected chi connectivity index (χ3v) is 5.10. The number of aliphatic hydroxyl groups is 1. The number of hydrogen-bond acceptors (Lipinski definition) is 3. The van der Waals surface area contributed by atoms with Gasteiger partial charge in [-0.15, -0.1) is 0 Å². The van der Waals surface area contributed by atoms with Crippen LogP contribution in [0.25, 0.3) is 0 Å². The van der Waals surface area contributed by atoms with Crippen LogP contribution in [0.4, 0.5) is 0 Å². The summed E-state index contributed by atoms with van der Waals surface area (Å²) in [5.74, 6) is 0.795. The topological polar surface area (TPSA) is 52.6 Å². The van der Waals surface area contributed by atoms with Crippen LogP contribution in [0.1, 0.15) is 58.3 Å². The van der Waals surface area contributed by atoms with E-state index in [9.17, 15) is 9.90 Å². The van der Waals surface area contributed by atoms with Crippen LogP contribution in [0, 0.1) is 5.92 Å². The lowest BCUT2D eigenvalue weighted by Crippen LogP contribution is -2.56. The van der Waals surface area contributed by atoms with Crippen molar-refractivity contribution < 1.29 is 9.90 Å². The van der Waals surface area contributed by atoms with Gasteiger partial charge in [-0.2, -0.15) is 0 Å². The molecular formula is C16H28N2O2. The predicted octanol–water partition coefficient (Wildman–Crippen LogP) is 1.67. The van der Waals surface area contributed by atoms with E-state index in [0.29, 0.717) is 18.5 Å². The summed E-state index contributed by atoms with van der Waals surface area (Å²) in [6.07, 6.45) is 8.43. The normalized spacial score (nSPS) is 39.1. The standard InChI is InChI=1S/C16H28N2O2/c1-12-4-2-8-16(20,10-12)11-18-9-3-5-14(15(18)19)17-13-6-7-13/h12-14,17,20H,2-11H2,1H3. The molecule has 0 aromatic carbocycles. The van der Waals surface area contributed by atoms with Crippen molar-refractivity contribution in [1.82, 2.24) is 10.2 Å². The average molecular weight is 280 g/mol. The Hall–Kier alpha value is -0.610. The maximum atomic E-state index is 12.5. The second-order valence-electron chi connectivity index (χ2n) is 7.32. The van der Waals surface area contributed by atoms with Gasteiger partial charge in [0.05, 0.1) is 11.6 Å². The summed E-state index contributed by atoms with van der Waals surface area (Å²) >= 11 is 0.